The van der Waals surface area contributed by atoms with Crippen molar-refractivity contribution in [1.29, 1.82) is 5.26 Å². The van der Waals surface area contributed by atoms with Gasteiger partial charge in [-0.2, -0.15) is 5.26 Å². The fraction of sp³-hybridized carbons (Fsp3) is 0.562. The molecule has 4 heteroatoms. The zero-order valence-electron chi connectivity index (χ0n) is 12.2. The van der Waals surface area contributed by atoms with E-state index in [4.69, 9.17) is 22.6 Å². The molecule has 0 aromatic heterocycles. The molecule has 1 aliphatic heterocycles. The first-order chi connectivity index (χ1) is 9.55. The van der Waals surface area contributed by atoms with Crippen LogP contribution in [0.5, 0.6) is 0 Å². The molecule has 2 N–H and O–H groups in total. The fourth-order valence-corrected chi connectivity index (χ4v) is 3.57. The average Bonchev–Trinajstić information content (AvgIpc) is 2.77. The van der Waals surface area contributed by atoms with Crippen LogP contribution >= 0.6 is 11.6 Å². The van der Waals surface area contributed by atoms with Gasteiger partial charge in [0.2, 0.25) is 0 Å². The predicted octanol–water partition coefficient (Wildman–Crippen LogP) is 3.56. The summed E-state index contributed by atoms with van der Waals surface area (Å²) in [7, 11) is 0. The largest absolute Gasteiger partial charge is 0.368 e. The zero-order valence-corrected chi connectivity index (χ0v) is 13.0. The molecule has 1 aromatic carbocycles. The molecule has 1 saturated heterocycles. The Morgan fingerprint density at radius 3 is 2.85 bits per heavy atom. The Balaban J connectivity index is 2.26. The van der Waals surface area contributed by atoms with Gasteiger partial charge in [0.05, 0.1) is 10.6 Å². The first kappa shape index (κ1) is 15.2. The van der Waals surface area contributed by atoms with Gasteiger partial charge < -0.3 is 10.6 Å². The van der Waals surface area contributed by atoms with Crippen LogP contribution in [-0.2, 0) is 0 Å². The highest BCUT2D eigenvalue weighted by Crippen LogP contribution is 2.42. The van der Waals surface area contributed by atoms with E-state index in [1.807, 2.05) is 12.1 Å². The minimum atomic E-state index is 0.314. The summed E-state index contributed by atoms with van der Waals surface area (Å²) in [6.07, 6.45) is 3.38. The molecule has 2 atom stereocenters. The molecule has 0 aliphatic carbocycles. The van der Waals surface area contributed by atoms with E-state index in [-0.39, 0.29) is 0 Å². The maximum Gasteiger partial charge on any atom is 0.101 e. The van der Waals surface area contributed by atoms with E-state index >= 15 is 0 Å². The molecule has 0 bridgehead atoms. The smallest absolute Gasteiger partial charge is 0.101 e. The summed E-state index contributed by atoms with van der Waals surface area (Å²) in [5, 5.41) is 9.49. The van der Waals surface area contributed by atoms with Crippen LogP contribution in [0.2, 0.25) is 5.02 Å². The molecular formula is C16H22ClN3. The first-order valence-corrected chi connectivity index (χ1v) is 7.59. The molecule has 1 fully saturated rings. The van der Waals surface area contributed by atoms with Crippen molar-refractivity contribution < 1.29 is 0 Å². The van der Waals surface area contributed by atoms with Gasteiger partial charge >= 0.3 is 0 Å². The summed E-state index contributed by atoms with van der Waals surface area (Å²) in [6, 6.07) is 8.29. The predicted molar refractivity (Wildman–Crippen MR) is 84.0 cm³/mol. The molecular weight excluding hydrogens is 270 g/mol. The molecule has 1 aliphatic rings. The van der Waals surface area contributed by atoms with Crippen molar-refractivity contribution >= 4 is 17.3 Å². The topological polar surface area (TPSA) is 53.0 Å². The number of halogens is 1. The van der Waals surface area contributed by atoms with Gasteiger partial charge in [0, 0.05) is 18.3 Å². The summed E-state index contributed by atoms with van der Waals surface area (Å²) in [5.41, 5.74) is 7.74. The summed E-state index contributed by atoms with van der Waals surface area (Å²) in [4.78, 5) is 2.40. The van der Waals surface area contributed by atoms with Crippen LogP contribution in [0, 0.1) is 16.7 Å². The van der Waals surface area contributed by atoms with Crippen LogP contribution in [0.25, 0.3) is 0 Å². The van der Waals surface area contributed by atoms with Crippen molar-refractivity contribution in [1.82, 2.24) is 0 Å². The maximum atomic E-state index is 8.96. The molecule has 2 rings (SSSR count). The van der Waals surface area contributed by atoms with E-state index in [0.717, 1.165) is 31.6 Å². The molecule has 3 nitrogen and oxygen atoms in total. The zero-order chi connectivity index (χ0) is 14.8. The third-order valence-electron chi connectivity index (χ3n) is 4.60. The lowest BCUT2D eigenvalue weighted by Crippen LogP contribution is -2.30. The summed E-state index contributed by atoms with van der Waals surface area (Å²) in [6.45, 7) is 6.25. The van der Waals surface area contributed by atoms with Gasteiger partial charge in [-0.15, -0.1) is 0 Å². The number of nitrogens with zero attached hydrogens (tertiary/aromatic N) is 2. The SMILES string of the molecule is CCC1(CCN)CC(C)N(c2ccc(C#N)c(Cl)c2)C1. The number of hydrogen-bond donors (Lipinski definition) is 1. The average molecular weight is 292 g/mol. The van der Waals surface area contributed by atoms with E-state index < -0.39 is 0 Å². The Kier molecular flexibility index (Phi) is 4.57. The standard InChI is InChI=1S/C16H22ClN3/c1-3-16(6-7-18)9-12(2)20(11-16)14-5-4-13(10-19)15(17)8-14/h4-5,8,12H,3,6-7,9,11,18H2,1-2H3. The highest BCUT2D eigenvalue weighted by Gasteiger charge is 2.40. The van der Waals surface area contributed by atoms with Crippen LogP contribution in [0.1, 0.15) is 38.7 Å². The van der Waals surface area contributed by atoms with Crippen molar-refractivity contribution in [2.45, 2.75) is 39.2 Å². The van der Waals surface area contributed by atoms with Crippen LogP contribution in [0.4, 0.5) is 5.69 Å². The van der Waals surface area contributed by atoms with E-state index in [1.54, 1.807) is 6.07 Å². The molecule has 0 radical (unpaired) electrons. The van der Waals surface area contributed by atoms with Crippen LogP contribution in [0.15, 0.2) is 18.2 Å². The second kappa shape index (κ2) is 6.03. The Hall–Kier alpha value is -1.24. The quantitative estimate of drug-likeness (QED) is 0.923. The molecule has 0 saturated carbocycles. The monoisotopic (exact) mass is 291 g/mol. The van der Waals surface area contributed by atoms with E-state index in [0.29, 0.717) is 22.0 Å². The van der Waals surface area contributed by atoms with E-state index in [1.165, 1.54) is 6.42 Å². The minimum absolute atomic E-state index is 0.314. The number of rotatable bonds is 4. The lowest BCUT2D eigenvalue weighted by molar-refractivity contribution is 0.286. The summed E-state index contributed by atoms with van der Waals surface area (Å²) in [5.74, 6) is 0. The third-order valence-corrected chi connectivity index (χ3v) is 4.91. The third kappa shape index (κ3) is 2.77. The summed E-state index contributed by atoms with van der Waals surface area (Å²) >= 11 is 6.15. The number of anilines is 1. The Labute approximate surface area is 126 Å². The number of nitrogens with two attached hydrogens (primary N) is 1. The van der Waals surface area contributed by atoms with Gasteiger partial charge in [0.1, 0.15) is 6.07 Å². The Morgan fingerprint density at radius 2 is 2.30 bits per heavy atom. The molecule has 2 unspecified atom stereocenters. The second-order valence-electron chi connectivity index (χ2n) is 5.85. The van der Waals surface area contributed by atoms with Gasteiger partial charge in [-0.25, -0.2) is 0 Å². The van der Waals surface area contributed by atoms with E-state index in [2.05, 4.69) is 24.8 Å². The van der Waals surface area contributed by atoms with Gasteiger partial charge in [-0.05, 0) is 56.3 Å². The number of nitriles is 1. The molecule has 20 heavy (non-hydrogen) atoms. The molecule has 1 aromatic rings. The fourth-order valence-electron chi connectivity index (χ4n) is 3.36. The highest BCUT2D eigenvalue weighted by atomic mass is 35.5. The van der Waals surface area contributed by atoms with Crippen LogP contribution < -0.4 is 10.6 Å². The van der Waals surface area contributed by atoms with Crippen molar-refractivity contribution in [3.63, 3.8) is 0 Å². The second-order valence-corrected chi connectivity index (χ2v) is 6.26. The lowest BCUT2D eigenvalue weighted by Gasteiger charge is -2.28. The van der Waals surface area contributed by atoms with Crippen molar-refractivity contribution in [2.24, 2.45) is 11.1 Å². The molecule has 108 valence electrons. The Morgan fingerprint density at radius 1 is 1.55 bits per heavy atom. The van der Waals surface area contributed by atoms with Crippen LogP contribution in [0.3, 0.4) is 0 Å². The number of benzene rings is 1. The maximum absolute atomic E-state index is 8.96. The Bertz CT molecular complexity index is 523. The minimum Gasteiger partial charge on any atom is -0.368 e. The van der Waals surface area contributed by atoms with Gasteiger partial charge in [-0.1, -0.05) is 18.5 Å². The van der Waals surface area contributed by atoms with Gasteiger partial charge in [-0.3, -0.25) is 0 Å². The van der Waals surface area contributed by atoms with Crippen molar-refractivity contribution in [3.05, 3.63) is 28.8 Å². The van der Waals surface area contributed by atoms with Crippen molar-refractivity contribution in [3.8, 4) is 6.07 Å². The highest BCUT2D eigenvalue weighted by molar-refractivity contribution is 6.32. The molecule has 0 spiro atoms. The lowest BCUT2D eigenvalue weighted by atomic mass is 9.80. The first-order valence-electron chi connectivity index (χ1n) is 7.21. The molecule has 1 heterocycles. The molecule has 0 amide bonds. The summed E-state index contributed by atoms with van der Waals surface area (Å²) < 4.78 is 0. The normalized spacial score (nSPS) is 25.8. The van der Waals surface area contributed by atoms with Crippen molar-refractivity contribution in [2.75, 3.05) is 18.0 Å². The van der Waals surface area contributed by atoms with Gasteiger partial charge in [0.25, 0.3) is 0 Å². The van der Waals surface area contributed by atoms with Crippen LogP contribution in [-0.4, -0.2) is 19.1 Å². The number of hydrogen-bond acceptors (Lipinski definition) is 3. The van der Waals surface area contributed by atoms with E-state index in [9.17, 15) is 0 Å². The van der Waals surface area contributed by atoms with Gasteiger partial charge in [0.15, 0.2) is 0 Å².